The summed E-state index contributed by atoms with van der Waals surface area (Å²) in [6, 6.07) is 0. The minimum Gasteiger partial charge on any atom is -2.00 e. The van der Waals surface area contributed by atoms with Gasteiger partial charge in [0.2, 0.25) is 0 Å². The first-order valence-electron chi connectivity index (χ1n) is 0. The molecule has 26 valence electrons. The standard InChI is InChI=1S/2O.Pu.U/q2*-2;;. The zero-order chi connectivity index (χ0) is 0. The second-order valence-corrected chi connectivity index (χ2v) is 0. The van der Waals surface area contributed by atoms with Gasteiger partial charge in [-0.3, -0.25) is 0 Å². The predicted octanol–water partition coefficient (Wildman–Crippen LogP) is -0.238. The summed E-state index contributed by atoms with van der Waals surface area (Å²) < 4.78 is 0. The van der Waals surface area contributed by atoms with Crippen molar-refractivity contribution in [3.05, 3.63) is 0 Å². The van der Waals surface area contributed by atoms with Crippen LogP contribution in [0.1, 0.15) is 0 Å². The molecule has 0 aromatic heterocycles. The van der Waals surface area contributed by atoms with Gasteiger partial charge in [-0.1, -0.05) is 0 Å². The summed E-state index contributed by atoms with van der Waals surface area (Å²) in [5.74, 6) is 0. The van der Waals surface area contributed by atoms with E-state index in [0.717, 1.165) is 0 Å². The van der Waals surface area contributed by atoms with Gasteiger partial charge in [-0.2, -0.15) is 0 Å². The van der Waals surface area contributed by atoms with Crippen LogP contribution < -0.4 is 0 Å². The summed E-state index contributed by atoms with van der Waals surface area (Å²) in [5.41, 5.74) is 0. The summed E-state index contributed by atoms with van der Waals surface area (Å²) in [5, 5.41) is 0. The molecule has 0 saturated carbocycles. The molecule has 0 spiro atoms. The van der Waals surface area contributed by atoms with Crippen LogP contribution in [-0.2, 0) is 11.0 Å². The average Bonchev–Trinajstić information content (AvgIpc) is 0. The van der Waals surface area contributed by atoms with Gasteiger partial charge >= 0.3 is 0 Å². The molecule has 0 aromatic carbocycles. The summed E-state index contributed by atoms with van der Waals surface area (Å²) in [6.07, 6.45) is 0. The normalized spacial score (nSPS) is 0. The van der Waals surface area contributed by atoms with Gasteiger partial charge in [0.1, 0.15) is 0 Å². The molecule has 4 heteroatoms. The predicted molar refractivity (Wildman–Crippen MR) is 1.37 cm³/mol. The molecule has 0 amide bonds. The van der Waals surface area contributed by atoms with Crippen LogP contribution in [0.25, 0.3) is 0 Å². The fourth-order valence-corrected chi connectivity index (χ4v) is 0. The Hall–Kier alpha value is 1.96. The fourth-order valence-electron chi connectivity index (χ4n) is 0. The maximum Gasteiger partial charge on any atom is 0 e. The molecule has 0 aliphatic heterocycles. The quantitative estimate of drug-likeness (QED) is 0.429. The van der Waals surface area contributed by atoms with E-state index in [2.05, 4.69) is 0 Å². The van der Waals surface area contributed by atoms with Gasteiger partial charge in [0, 0.05) is 60.3 Å². The maximum absolute atomic E-state index is 0. The van der Waals surface area contributed by atoms with Crippen molar-refractivity contribution in [2.75, 3.05) is 0 Å². The molecule has 0 fully saturated rings. The molecular weight excluding hydrogens is 514 g/mol. The monoisotopic (exact) mass is 508 g/mol. The maximum atomic E-state index is 0. The third-order valence-corrected chi connectivity index (χ3v) is 0. The summed E-state index contributed by atoms with van der Waals surface area (Å²) in [7, 11) is 0. The average molecular weight is 514 g/mol. The topological polar surface area (TPSA) is 57.0 Å². The van der Waals surface area contributed by atoms with Crippen molar-refractivity contribution in [3.63, 3.8) is 0 Å². The zero-order valence-electron chi connectivity index (χ0n) is 1.72. The first-order valence-corrected chi connectivity index (χ1v) is 0. The first kappa shape index (κ1) is 38.2. The second kappa shape index (κ2) is 20.3. The van der Waals surface area contributed by atoms with Crippen molar-refractivity contribution in [3.8, 4) is 0 Å². The van der Waals surface area contributed by atoms with Crippen LogP contribution in [0, 0.1) is 60.3 Å². The van der Waals surface area contributed by atoms with E-state index in [1.807, 2.05) is 0 Å². The van der Waals surface area contributed by atoms with Gasteiger partial charge in [-0.05, 0) is 0 Å². The first-order chi connectivity index (χ1) is 0. The van der Waals surface area contributed by atoms with Crippen molar-refractivity contribution in [2.45, 2.75) is 0 Å². The molecule has 0 unspecified atom stereocenters. The zero-order valence-corrected chi connectivity index (χ0v) is 9.29. The third-order valence-electron chi connectivity index (χ3n) is 0. The Bertz CT molecular complexity index is 6.00. The van der Waals surface area contributed by atoms with Gasteiger partial charge in [0.05, 0.1) is 0 Å². The fraction of sp³-hybridized carbons (Fsp3) is 0. The van der Waals surface area contributed by atoms with Crippen molar-refractivity contribution in [1.29, 1.82) is 0 Å². The molecule has 0 aromatic rings. The van der Waals surface area contributed by atoms with E-state index < -0.39 is 0 Å². The second-order valence-electron chi connectivity index (χ2n) is 0. The summed E-state index contributed by atoms with van der Waals surface area (Å²) in [4.78, 5) is 0. The van der Waals surface area contributed by atoms with Crippen LogP contribution in [0.2, 0.25) is 0 Å². The Kier molecular flexibility index (Phi) is 193. The molecule has 0 aliphatic rings. The Morgan fingerprint density at radius 3 is 0.750 bits per heavy atom. The van der Waals surface area contributed by atoms with Crippen LogP contribution >= 0.6 is 0 Å². The molecule has 2 nitrogen and oxygen atoms in total. The van der Waals surface area contributed by atoms with Crippen LogP contribution in [0.3, 0.4) is 0 Å². The van der Waals surface area contributed by atoms with Crippen molar-refractivity contribution < 1.29 is 71.2 Å². The van der Waals surface area contributed by atoms with E-state index in [1.165, 1.54) is 0 Å². The largest absolute Gasteiger partial charge is 2.00 e. The SMILES string of the molecule is [O-2].[O-2].[Pu].[U]. The smallest absolute Gasteiger partial charge is 0 e. The van der Waals surface area contributed by atoms with Gasteiger partial charge in [-0.25, -0.2) is 0 Å². The molecule has 0 bridgehead atoms. The molecule has 0 heterocycles. The molecule has 0 aliphatic carbocycles. The van der Waals surface area contributed by atoms with Crippen molar-refractivity contribution in [2.24, 2.45) is 0 Å². The molecule has 0 atom stereocenters. The van der Waals surface area contributed by atoms with Crippen LogP contribution in [-0.4, -0.2) is 0 Å². The minimum atomic E-state index is 0. The van der Waals surface area contributed by atoms with Crippen molar-refractivity contribution >= 4 is 0 Å². The van der Waals surface area contributed by atoms with Gasteiger partial charge in [-0.15, -0.1) is 0 Å². The number of hydrogen-bond donors (Lipinski definition) is 0. The Morgan fingerprint density at radius 1 is 0.750 bits per heavy atom. The Morgan fingerprint density at radius 2 is 0.750 bits per heavy atom. The van der Waals surface area contributed by atoms with Gasteiger partial charge < -0.3 is 11.0 Å². The van der Waals surface area contributed by atoms with E-state index in [-0.39, 0.29) is 71.2 Å². The minimum absolute atomic E-state index is 0. The van der Waals surface area contributed by atoms with E-state index in [0.29, 0.717) is 0 Å². The molecule has 0 radical (unpaired) electrons. The summed E-state index contributed by atoms with van der Waals surface area (Å²) in [6.45, 7) is 0. The molecule has 0 saturated heterocycles. The molecule has 0 N–H and O–H groups in total. The molecule has 0 rings (SSSR count). The van der Waals surface area contributed by atoms with Crippen LogP contribution in [0.4, 0.5) is 0 Å². The molecule has 4 heavy (non-hydrogen) atoms. The number of rotatable bonds is 0. The van der Waals surface area contributed by atoms with Crippen LogP contribution in [0.5, 0.6) is 0 Å². The Balaban J connectivity index is 0. The number of hydrogen-bond acceptors (Lipinski definition) is 0. The van der Waals surface area contributed by atoms with Crippen LogP contribution in [0.15, 0.2) is 0 Å². The van der Waals surface area contributed by atoms with E-state index in [4.69, 9.17) is 0 Å². The summed E-state index contributed by atoms with van der Waals surface area (Å²) >= 11 is 0. The van der Waals surface area contributed by atoms with E-state index in [9.17, 15) is 0 Å². The van der Waals surface area contributed by atoms with E-state index in [1.54, 1.807) is 0 Å². The molecular formula is O2PuU-4. The van der Waals surface area contributed by atoms with Gasteiger partial charge in [0.15, 0.2) is 0 Å². The van der Waals surface area contributed by atoms with Gasteiger partial charge in [0.25, 0.3) is 0 Å². The van der Waals surface area contributed by atoms with E-state index >= 15 is 0 Å². The van der Waals surface area contributed by atoms with Crippen molar-refractivity contribution in [1.82, 2.24) is 0 Å². The third kappa shape index (κ3) is 9.03. The Labute approximate surface area is 70.3 Å².